The zero-order valence-electron chi connectivity index (χ0n) is 8.64. The summed E-state index contributed by atoms with van der Waals surface area (Å²) >= 11 is 0. The number of esters is 1. The first-order chi connectivity index (χ1) is 6.99. The summed E-state index contributed by atoms with van der Waals surface area (Å²) in [6.45, 7) is -0.159. The molecule has 0 saturated heterocycles. The van der Waals surface area contributed by atoms with E-state index in [1.807, 2.05) is 0 Å². The number of carbonyl (C=O) groups excluding carboxylic acids is 1. The molecule has 0 aliphatic heterocycles. The molecule has 0 aliphatic rings. The van der Waals surface area contributed by atoms with E-state index in [0.717, 1.165) is 6.08 Å². The molecule has 0 aliphatic carbocycles. The fraction of sp³-hybridized carbons (Fsp3) is 0.667. The molecule has 0 fully saturated rings. The number of ether oxygens (including phenoxy) is 1. The van der Waals surface area contributed by atoms with Gasteiger partial charge in [-0.2, -0.15) is 0 Å². The maximum absolute atomic E-state index is 11.0. The molecule has 5 N–H and O–H groups in total. The molecule has 0 amide bonds. The lowest BCUT2D eigenvalue weighted by atomic mass is 9.93. The number of hydrogen-bond acceptors (Lipinski definition) is 6. The Morgan fingerprint density at radius 1 is 1.33 bits per heavy atom. The van der Waals surface area contributed by atoms with Crippen LogP contribution in [0.3, 0.4) is 0 Å². The molecule has 0 aromatic rings. The number of aliphatic hydroxyl groups excluding tert-OH is 3. The van der Waals surface area contributed by atoms with Gasteiger partial charge in [0.1, 0.15) is 6.61 Å². The molecule has 0 aromatic heterocycles. The van der Waals surface area contributed by atoms with Gasteiger partial charge in [-0.3, -0.25) is 0 Å². The van der Waals surface area contributed by atoms with Crippen molar-refractivity contribution in [1.29, 1.82) is 0 Å². The lowest BCUT2D eigenvalue weighted by Gasteiger charge is -2.26. The number of rotatable bonds is 6. The molecule has 0 rings (SSSR count). The number of carbonyl (C=O) groups is 1. The smallest absolute Gasteiger partial charge is 0.332 e. The van der Waals surface area contributed by atoms with Crippen molar-refractivity contribution in [1.82, 2.24) is 0 Å². The third-order valence-electron chi connectivity index (χ3n) is 1.87. The molecule has 0 aromatic carbocycles. The highest BCUT2D eigenvalue weighted by Gasteiger charge is 2.29. The summed E-state index contributed by atoms with van der Waals surface area (Å²) in [7, 11) is 0. The highest BCUT2D eigenvalue weighted by atomic mass is 16.5. The van der Waals surface area contributed by atoms with Crippen molar-refractivity contribution in [2.24, 2.45) is 11.1 Å². The van der Waals surface area contributed by atoms with Crippen LogP contribution in [-0.4, -0.2) is 47.7 Å². The Morgan fingerprint density at radius 2 is 1.80 bits per heavy atom. The van der Waals surface area contributed by atoms with Crippen molar-refractivity contribution >= 4 is 5.97 Å². The molecule has 0 spiro atoms. The molecule has 0 heterocycles. The monoisotopic (exact) mass is 219 g/mol. The number of hydrogen-bond donors (Lipinski definition) is 4. The summed E-state index contributed by atoms with van der Waals surface area (Å²) in [5.41, 5.74) is 4.33. The van der Waals surface area contributed by atoms with Gasteiger partial charge < -0.3 is 25.8 Å². The minimum absolute atomic E-state index is 0.265. The Labute approximate surface area is 88.0 Å². The van der Waals surface area contributed by atoms with Crippen LogP contribution >= 0.6 is 0 Å². The summed E-state index contributed by atoms with van der Waals surface area (Å²) in [6, 6.07) is 0. The lowest BCUT2D eigenvalue weighted by Crippen LogP contribution is -2.39. The zero-order valence-corrected chi connectivity index (χ0v) is 8.64. The standard InChI is InChI=1S/C9H17NO5/c1-7(10)2-8(14)15-6-9(3-11,4-12)5-13/h2,11-13H,3-6,10H2,1H3/b7-2-. The van der Waals surface area contributed by atoms with Gasteiger partial charge in [-0.15, -0.1) is 0 Å². The fourth-order valence-electron chi connectivity index (χ4n) is 0.739. The van der Waals surface area contributed by atoms with Crippen molar-refractivity contribution in [2.75, 3.05) is 26.4 Å². The predicted molar refractivity (Wildman–Crippen MR) is 52.6 cm³/mol. The Morgan fingerprint density at radius 3 is 2.13 bits per heavy atom. The first kappa shape index (κ1) is 13.9. The van der Waals surface area contributed by atoms with Crippen LogP contribution in [0.1, 0.15) is 6.92 Å². The largest absolute Gasteiger partial charge is 0.462 e. The van der Waals surface area contributed by atoms with Crippen molar-refractivity contribution < 1.29 is 24.9 Å². The third-order valence-corrected chi connectivity index (χ3v) is 1.87. The molecule has 6 nitrogen and oxygen atoms in total. The third kappa shape index (κ3) is 4.78. The van der Waals surface area contributed by atoms with E-state index < -0.39 is 31.2 Å². The van der Waals surface area contributed by atoms with Crippen LogP contribution < -0.4 is 5.73 Å². The summed E-state index contributed by atoms with van der Waals surface area (Å²) < 4.78 is 4.72. The van der Waals surface area contributed by atoms with E-state index in [9.17, 15) is 4.79 Å². The maximum Gasteiger partial charge on any atom is 0.332 e. The van der Waals surface area contributed by atoms with Crippen LogP contribution in [0.5, 0.6) is 0 Å². The Bertz CT molecular complexity index is 222. The lowest BCUT2D eigenvalue weighted by molar-refractivity contribution is -0.145. The molecular weight excluding hydrogens is 202 g/mol. The van der Waals surface area contributed by atoms with Crippen LogP contribution in [0.4, 0.5) is 0 Å². The number of allylic oxidation sites excluding steroid dienone is 1. The maximum atomic E-state index is 11.0. The first-order valence-corrected chi connectivity index (χ1v) is 4.43. The van der Waals surface area contributed by atoms with Crippen molar-refractivity contribution in [2.45, 2.75) is 6.92 Å². The SMILES string of the molecule is C/C(N)=C/C(=O)OCC(CO)(CO)CO. The fourth-order valence-corrected chi connectivity index (χ4v) is 0.739. The summed E-state index contributed by atoms with van der Waals surface area (Å²) in [6.07, 6.45) is 1.08. The molecule has 0 unspecified atom stereocenters. The minimum Gasteiger partial charge on any atom is -0.462 e. The van der Waals surface area contributed by atoms with Gasteiger partial charge in [0.05, 0.1) is 25.2 Å². The van der Waals surface area contributed by atoms with E-state index in [1.165, 1.54) is 6.92 Å². The second-order valence-corrected chi connectivity index (χ2v) is 3.47. The number of aliphatic hydroxyl groups is 3. The molecule has 6 heteroatoms. The highest BCUT2D eigenvalue weighted by molar-refractivity contribution is 5.82. The van der Waals surface area contributed by atoms with Crippen LogP contribution in [0.15, 0.2) is 11.8 Å². The normalized spacial score (nSPS) is 12.7. The Balaban J connectivity index is 4.23. The van der Waals surface area contributed by atoms with Crippen LogP contribution in [0.25, 0.3) is 0 Å². The van der Waals surface area contributed by atoms with Crippen molar-refractivity contribution in [3.8, 4) is 0 Å². The predicted octanol–water partition coefficient (Wildman–Crippen LogP) is -1.64. The summed E-state index contributed by atoms with van der Waals surface area (Å²) in [5, 5.41) is 26.8. The van der Waals surface area contributed by atoms with E-state index in [4.69, 9.17) is 25.8 Å². The van der Waals surface area contributed by atoms with E-state index in [1.54, 1.807) is 0 Å². The van der Waals surface area contributed by atoms with Gasteiger partial charge in [-0.05, 0) is 6.92 Å². The Hall–Kier alpha value is -1.11. The molecular formula is C9H17NO5. The van der Waals surface area contributed by atoms with Gasteiger partial charge in [0.25, 0.3) is 0 Å². The van der Waals surface area contributed by atoms with Gasteiger partial charge in [-0.1, -0.05) is 0 Å². The minimum atomic E-state index is -1.20. The molecule has 15 heavy (non-hydrogen) atoms. The Kier molecular flexibility index (Phi) is 5.92. The zero-order chi connectivity index (χ0) is 11.9. The van der Waals surface area contributed by atoms with E-state index >= 15 is 0 Å². The van der Waals surface area contributed by atoms with E-state index in [-0.39, 0.29) is 6.61 Å². The van der Waals surface area contributed by atoms with Gasteiger partial charge in [0.2, 0.25) is 0 Å². The van der Waals surface area contributed by atoms with Gasteiger partial charge >= 0.3 is 5.97 Å². The average Bonchev–Trinajstić information content (AvgIpc) is 2.20. The van der Waals surface area contributed by atoms with Crippen LogP contribution in [0.2, 0.25) is 0 Å². The van der Waals surface area contributed by atoms with E-state index in [0.29, 0.717) is 5.70 Å². The first-order valence-electron chi connectivity index (χ1n) is 4.43. The summed E-state index contributed by atoms with van der Waals surface area (Å²) in [5.74, 6) is -0.672. The van der Waals surface area contributed by atoms with Crippen molar-refractivity contribution in [3.05, 3.63) is 11.8 Å². The molecule has 0 bridgehead atoms. The average molecular weight is 219 g/mol. The van der Waals surface area contributed by atoms with Gasteiger partial charge in [-0.25, -0.2) is 4.79 Å². The molecule has 88 valence electrons. The van der Waals surface area contributed by atoms with Crippen molar-refractivity contribution in [3.63, 3.8) is 0 Å². The second-order valence-electron chi connectivity index (χ2n) is 3.47. The van der Waals surface area contributed by atoms with E-state index in [2.05, 4.69) is 0 Å². The molecule has 0 atom stereocenters. The summed E-state index contributed by atoms with van der Waals surface area (Å²) in [4.78, 5) is 11.0. The molecule has 0 saturated carbocycles. The van der Waals surface area contributed by atoms with Gasteiger partial charge in [0.15, 0.2) is 0 Å². The molecule has 0 radical (unpaired) electrons. The quantitative estimate of drug-likeness (QED) is 0.314. The number of nitrogens with two attached hydrogens (primary N) is 1. The van der Waals surface area contributed by atoms with Gasteiger partial charge in [0, 0.05) is 11.8 Å². The van der Waals surface area contributed by atoms with Crippen LogP contribution in [-0.2, 0) is 9.53 Å². The topological polar surface area (TPSA) is 113 Å². The second kappa shape index (κ2) is 6.39. The van der Waals surface area contributed by atoms with Crippen LogP contribution in [0, 0.1) is 5.41 Å². The highest BCUT2D eigenvalue weighted by Crippen LogP contribution is 2.15.